The molecular formula is C29H29F2N3O. The first-order valence-electron chi connectivity index (χ1n) is 12.2. The van der Waals surface area contributed by atoms with Gasteiger partial charge in [-0.3, -0.25) is 9.36 Å². The van der Waals surface area contributed by atoms with Gasteiger partial charge in [-0.05, 0) is 42.2 Å². The van der Waals surface area contributed by atoms with Crippen LogP contribution in [0.1, 0.15) is 25.0 Å². The molecule has 5 rings (SSSR count). The van der Waals surface area contributed by atoms with Crippen LogP contribution in [0.5, 0.6) is 0 Å². The van der Waals surface area contributed by atoms with Crippen LogP contribution in [0.15, 0.2) is 65.5 Å². The molecule has 2 heterocycles. The van der Waals surface area contributed by atoms with Gasteiger partial charge in [0, 0.05) is 48.8 Å². The van der Waals surface area contributed by atoms with Crippen molar-refractivity contribution in [3.8, 4) is 16.8 Å². The van der Waals surface area contributed by atoms with Crippen LogP contribution in [0, 0.1) is 11.6 Å². The van der Waals surface area contributed by atoms with Crippen molar-refractivity contribution >= 4 is 16.6 Å². The summed E-state index contributed by atoms with van der Waals surface area (Å²) in [6, 6.07) is 17.0. The van der Waals surface area contributed by atoms with Crippen LogP contribution >= 0.6 is 0 Å². The highest BCUT2D eigenvalue weighted by molar-refractivity contribution is 5.96. The van der Waals surface area contributed by atoms with Gasteiger partial charge >= 0.3 is 0 Å². The van der Waals surface area contributed by atoms with Crippen LogP contribution in [-0.2, 0) is 12.8 Å². The number of nitrogens with zero attached hydrogens (tertiary/aromatic N) is 2. The molecule has 4 aromatic rings. The van der Waals surface area contributed by atoms with E-state index in [2.05, 4.69) is 24.1 Å². The smallest absolute Gasteiger partial charge is 0.257 e. The molecule has 35 heavy (non-hydrogen) atoms. The molecule has 1 saturated heterocycles. The zero-order chi connectivity index (χ0) is 24.5. The van der Waals surface area contributed by atoms with Crippen LogP contribution in [0.3, 0.4) is 0 Å². The normalized spacial score (nSPS) is 14.0. The quantitative estimate of drug-likeness (QED) is 0.418. The predicted octanol–water partition coefficient (Wildman–Crippen LogP) is 5.47. The Morgan fingerprint density at radius 1 is 0.829 bits per heavy atom. The molecule has 0 atom stereocenters. The van der Waals surface area contributed by atoms with Crippen LogP contribution in [0.25, 0.3) is 27.7 Å². The largest absolute Gasteiger partial charge is 0.368 e. The Hall–Kier alpha value is -3.51. The summed E-state index contributed by atoms with van der Waals surface area (Å²) in [6.45, 7) is 7.15. The van der Waals surface area contributed by atoms with E-state index in [1.165, 1.54) is 12.1 Å². The van der Waals surface area contributed by atoms with Gasteiger partial charge in [0.05, 0.1) is 16.9 Å². The summed E-state index contributed by atoms with van der Waals surface area (Å²) >= 11 is 0. The average molecular weight is 474 g/mol. The molecule has 180 valence electrons. The van der Waals surface area contributed by atoms with E-state index in [-0.39, 0.29) is 16.7 Å². The number of aromatic nitrogens is 1. The Labute approximate surface area is 203 Å². The molecule has 6 heteroatoms. The molecule has 1 fully saturated rings. The molecule has 0 bridgehead atoms. The molecule has 0 aliphatic carbocycles. The lowest BCUT2D eigenvalue weighted by atomic mass is 9.99. The summed E-state index contributed by atoms with van der Waals surface area (Å²) in [5, 5.41) is 3.97. The van der Waals surface area contributed by atoms with Crippen LogP contribution in [-0.4, -0.2) is 30.7 Å². The van der Waals surface area contributed by atoms with Gasteiger partial charge in [0.25, 0.3) is 5.56 Å². The van der Waals surface area contributed by atoms with Gasteiger partial charge in [-0.15, -0.1) is 0 Å². The third-order valence-corrected chi connectivity index (χ3v) is 6.89. The highest BCUT2D eigenvalue weighted by Gasteiger charge is 2.22. The summed E-state index contributed by atoms with van der Waals surface area (Å²) in [5.41, 5.74) is 4.37. The summed E-state index contributed by atoms with van der Waals surface area (Å²) < 4.78 is 32.0. The number of nitrogens with one attached hydrogen (secondary N) is 1. The van der Waals surface area contributed by atoms with E-state index in [4.69, 9.17) is 0 Å². The second kappa shape index (κ2) is 9.62. The van der Waals surface area contributed by atoms with Crippen molar-refractivity contribution in [2.45, 2.75) is 26.7 Å². The third-order valence-electron chi connectivity index (χ3n) is 6.89. The van der Waals surface area contributed by atoms with Crippen molar-refractivity contribution in [3.63, 3.8) is 0 Å². The number of piperazine rings is 1. The number of hydrogen-bond acceptors (Lipinski definition) is 3. The molecule has 1 aromatic heterocycles. The monoisotopic (exact) mass is 473 g/mol. The molecule has 1 aliphatic heterocycles. The first-order chi connectivity index (χ1) is 17.0. The first-order valence-corrected chi connectivity index (χ1v) is 12.2. The lowest BCUT2D eigenvalue weighted by Crippen LogP contribution is -2.44. The minimum Gasteiger partial charge on any atom is -0.368 e. The minimum atomic E-state index is -0.510. The number of benzene rings is 3. The van der Waals surface area contributed by atoms with E-state index in [1.54, 1.807) is 34.9 Å². The van der Waals surface area contributed by atoms with E-state index < -0.39 is 11.6 Å². The Kier molecular flexibility index (Phi) is 6.39. The summed E-state index contributed by atoms with van der Waals surface area (Å²) in [7, 11) is 0. The maximum absolute atomic E-state index is 15.6. The second-order valence-corrected chi connectivity index (χ2v) is 8.90. The lowest BCUT2D eigenvalue weighted by molar-refractivity contribution is 0.589. The van der Waals surface area contributed by atoms with Gasteiger partial charge in [0.2, 0.25) is 0 Å². The number of pyridine rings is 1. The number of anilines is 1. The van der Waals surface area contributed by atoms with E-state index in [1.807, 2.05) is 18.2 Å². The highest BCUT2D eigenvalue weighted by Crippen LogP contribution is 2.35. The van der Waals surface area contributed by atoms with Crippen molar-refractivity contribution < 1.29 is 8.78 Å². The molecule has 4 nitrogen and oxygen atoms in total. The average Bonchev–Trinajstić information content (AvgIpc) is 2.89. The minimum absolute atomic E-state index is 0.147. The number of halogens is 2. The Morgan fingerprint density at radius 2 is 1.51 bits per heavy atom. The fraction of sp³-hybridized carbons (Fsp3) is 0.276. The number of rotatable bonds is 5. The van der Waals surface area contributed by atoms with Crippen molar-refractivity contribution in [2.75, 3.05) is 31.1 Å². The number of hydrogen-bond donors (Lipinski definition) is 1. The van der Waals surface area contributed by atoms with E-state index in [9.17, 15) is 9.18 Å². The van der Waals surface area contributed by atoms with Crippen molar-refractivity contribution in [1.82, 2.24) is 9.88 Å². The highest BCUT2D eigenvalue weighted by atomic mass is 19.1. The lowest BCUT2D eigenvalue weighted by Gasteiger charge is -2.31. The maximum Gasteiger partial charge on any atom is 0.257 e. The summed E-state index contributed by atoms with van der Waals surface area (Å²) in [5.74, 6) is -1.01. The molecule has 1 N–H and O–H groups in total. The topological polar surface area (TPSA) is 37.3 Å². The van der Waals surface area contributed by atoms with Crippen molar-refractivity contribution in [3.05, 3.63) is 93.8 Å². The summed E-state index contributed by atoms with van der Waals surface area (Å²) in [6.07, 6.45) is 1.50. The van der Waals surface area contributed by atoms with Gasteiger partial charge in [0.1, 0.15) is 11.6 Å². The molecule has 0 radical (unpaired) electrons. The SMILES string of the molecule is CCc1cccc(CC)c1-n1c(=O)cc(N2CCNCC2)c2cc(F)c(-c3ccccc3F)cc21. The fourth-order valence-corrected chi connectivity index (χ4v) is 5.12. The fourth-order valence-electron chi connectivity index (χ4n) is 5.12. The Bertz CT molecular complexity index is 1430. The maximum atomic E-state index is 15.6. The molecular weight excluding hydrogens is 444 g/mol. The van der Waals surface area contributed by atoms with Gasteiger partial charge < -0.3 is 10.2 Å². The third kappa shape index (κ3) is 4.12. The van der Waals surface area contributed by atoms with Crippen LogP contribution in [0.2, 0.25) is 0 Å². The van der Waals surface area contributed by atoms with Gasteiger partial charge in [-0.1, -0.05) is 50.2 Å². The number of para-hydroxylation sites is 1. The predicted molar refractivity (Wildman–Crippen MR) is 139 cm³/mol. The van der Waals surface area contributed by atoms with E-state index in [0.29, 0.717) is 16.6 Å². The van der Waals surface area contributed by atoms with Crippen molar-refractivity contribution in [1.29, 1.82) is 0 Å². The number of aryl methyl sites for hydroxylation is 2. The van der Waals surface area contributed by atoms with Crippen molar-refractivity contribution in [2.24, 2.45) is 0 Å². The second-order valence-electron chi connectivity index (χ2n) is 8.90. The standard InChI is InChI=1S/C29H29F2N3O/c1-3-19-8-7-9-20(4-2)29(19)34-27-17-22(21-10-5-6-11-24(21)30)25(31)16-23(27)26(18-28(34)35)33-14-12-32-13-15-33/h5-11,16-18,32H,3-4,12-15H2,1-2H3. The molecule has 0 amide bonds. The Morgan fingerprint density at radius 3 is 2.17 bits per heavy atom. The van der Waals surface area contributed by atoms with Gasteiger partial charge in [-0.25, -0.2) is 8.78 Å². The zero-order valence-corrected chi connectivity index (χ0v) is 20.1. The van der Waals surface area contributed by atoms with Crippen LogP contribution in [0.4, 0.5) is 14.5 Å². The van der Waals surface area contributed by atoms with Gasteiger partial charge in [0.15, 0.2) is 0 Å². The van der Waals surface area contributed by atoms with Crippen LogP contribution < -0.4 is 15.8 Å². The zero-order valence-electron chi connectivity index (χ0n) is 20.1. The molecule has 3 aromatic carbocycles. The number of fused-ring (bicyclic) bond motifs is 1. The van der Waals surface area contributed by atoms with E-state index in [0.717, 1.165) is 55.8 Å². The summed E-state index contributed by atoms with van der Waals surface area (Å²) in [4.78, 5) is 15.9. The molecule has 0 spiro atoms. The van der Waals surface area contributed by atoms with E-state index >= 15 is 4.39 Å². The van der Waals surface area contributed by atoms with Gasteiger partial charge in [-0.2, -0.15) is 0 Å². The molecule has 1 aliphatic rings. The Balaban J connectivity index is 1.89. The molecule has 0 unspecified atom stereocenters. The first kappa shape index (κ1) is 23.2. The molecule has 0 saturated carbocycles.